The van der Waals surface area contributed by atoms with Gasteiger partial charge in [-0.2, -0.15) is 0 Å². The molecule has 1 heterocycles. The molecule has 0 spiro atoms. The molecule has 0 radical (unpaired) electrons. The number of benzene rings is 1. The van der Waals surface area contributed by atoms with Crippen molar-refractivity contribution in [2.75, 3.05) is 11.9 Å². The van der Waals surface area contributed by atoms with Gasteiger partial charge in [-0.3, -0.25) is 0 Å². The highest BCUT2D eigenvalue weighted by Crippen LogP contribution is 2.37. The summed E-state index contributed by atoms with van der Waals surface area (Å²) < 4.78 is 0. The highest BCUT2D eigenvalue weighted by molar-refractivity contribution is 5.65. The second kappa shape index (κ2) is 2.16. The van der Waals surface area contributed by atoms with Crippen molar-refractivity contribution in [2.24, 2.45) is 0 Å². The second-order valence-corrected chi connectivity index (χ2v) is 3.02. The summed E-state index contributed by atoms with van der Waals surface area (Å²) in [4.78, 5) is 0. The van der Waals surface area contributed by atoms with Crippen molar-refractivity contribution >= 4 is 5.69 Å². The van der Waals surface area contributed by atoms with Gasteiger partial charge in [0.1, 0.15) is 5.75 Å². The number of fused-ring (bicyclic) bond motifs is 1. The highest BCUT2D eigenvalue weighted by atomic mass is 16.3. The smallest absolute Gasteiger partial charge is 0.138 e. The Bertz CT molecular complexity index is 283. The lowest BCUT2D eigenvalue weighted by atomic mass is 10.0. The Kier molecular flexibility index (Phi) is 1.28. The fraction of sp³-hybridized carbons (Fsp3) is 0.333. The predicted molar refractivity (Wildman–Crippen MR) is 45.0 cm³/mol. The fourth-order valence-electron chi connectivity index (χ4n) is 1.53. The van der Waals surface area contributed by atoms with Crippen LogP contribution in [0.15, 0.2) is 18.2 Å². The largest absolute Gasteiger partial charge is 0.506 e. The Balaban J connectivity index is 2.57. The molecule has 1 aliphatic heterocycles. The number of phenols is 1. The molecular formula is C9H11NO. The molecule has 0 aliphatic carbocycles. The van der Waals surface area contributed by atoms with Crippen LogP contribution in [0.5, 0.6) is 5.75 Å². The number of nitrogens with one attached hydrogen (secondary N) is 1. The van der Waals surface area contributed by atoms with Crippen LogP contribution in [0.1, 0.15) is 18.4 Å². The van der Waals surface area contributed by atoms with Gasteiger partial charge in [-0.05, 0) is 11.6 Å². The molecule has 0 amide bonds. The van der Waals surface area contributed by atoms with E-state index in [0.29, 0.717) is 11.7 Å². The van der Waals surface area contributed by atoms with Gasteiger partial charge in [-0.15, -0.1) is 0 Å². The van der Waals surface area contributed by atoms with Gasteiger partial charge in [0.05, 0.1) is 5.69 Å². The van der Waals surface area contributed by atoms with E-state index >= 15 is 0 Å². The molecule has 0 fully saturated rings. The van der Waals surface area contributed by atoms with Gasteiger partial charge in [0, 0.05) is 12.5 Å². The molecule has 1 aromatic carbocycles. The average molecular weight is 149 g/mol. The minimum absolute atomic E-state index is 0.367. The molecule has 11 heavy (non-hydrogen) atoms. The first-order valence-electron chi connectivity index (χ1n) is 3.85. The van der Waals surface area contributed by atoms with Crippen LogP contribution in [0.3, 0.4) is 0 Å². The van der Waals surface area contributed by atoms with Crippen LogP contribution in [0.25, 0.3) is 0 Å². The fourth-order valence-corrected chi connectivity index (χ4v) is 1.53. The van der Waals surface area contributed by atoms with Crippen LogP contribution < -0.4 is 5.32 Å². The number of hydrogen-bond donors (Lipinski definition) is 2. The third-order valence-corrected chi connectivity index (χ3v) is 2.19. The predicted octanol–water partition coefficient (Wildman–Crippen LogP) is 1.92. The monoisotopic (exact) mass is 149 g/mol. The summed E-state index contributed by atoms with van der Waals surface area (Å²) in [5, 5.41) is 12.6. The molecular weight excluding hydrogens is 138 g/mol. The first kappa shape index (κ1) is 6.53. The SMILES string of the molecule is CC1CNc2c(O)cccc21. The zero-order valence-electron chi connectivity index (χ0n) is 6.46. The van der Waals surface area contributed by atoms with Crippen molar-refractivity contribution in [3.63, 3.8) is 0 Å². The number of phenolic OH excluding ortho intramolecular Hbond substituents is 1. The van der Waals surface area contributed by atoms with Crippen LogP contribution in [0, 0.1) is 0 Å². The summed E-state index contributed by atoms with van der Waals surface area (Å²) in [7, 11) is 0. The van der Waals surface area contributed by atoms with Crippen molar-refractivity contribution in [3.8, 4) is 5.75 Å². The standard InChI is InChI=1S/C9H11NO/c1-6-5-10-9-7(6)3-2-4-8(9)11/h2-4,6,10-11H,5H2,1H3. The van der Waals surface area contributed by atoms with Crippen molar-refractivity contribution in [2.45, 2.75) is 12.8 Å². The van der Waals surface area contributed by atoms with Gasteiger partial charge in [0.15, 0.2) is 0 Å². The molecule has 2 rings (SSSR count). The quantitative estimate of drug-likeness (QED) is 0.552. The van der Waals surface area contributed by atoms with E-state index in [4.69, 9.17) is 0 Å². The van der Waals surface area contributed by atoms with Gasteiger partial charge in [-0.1, -0.05) is 19.1 Å². The normalized spacial score (nSPS) is 21.0. The molecule has 0 saturated heterocycles. The molecule has 2 nitrogen and oxygen atoms in total. The van der Waals surface area contributed by atoms with Crippen LogP contribution in [-0.2, 0) is 0 Å². The van der Waals surface area contributed by atoms with Gasteiger partial charge in [-0.25, -0.2) is 0 Å². The first-order chi connectivity index (χ1) is 5.29. The summed E-state index contributed by atoms with van der Waals surface area (Å²) in [5.74, 6) is 0.893. The Morgan fingerprint density at radius 2 is 2.36 bits per heavy atom. The second-order valence-electron chi connectivity index (χ2n) is 3.02. The van der Waals surface area contributed by atoms with Gasteiger partial charge in [0.2, 0.25) is 0 Å². The molecule has 1 atom stereocenters. The maximum absolute atomic E-state index is 9.39. The van der Waals surface area contributed by atoms with Gasteiger partial charge >= 0.3 is 0 Å². The third kappa shape index (κ3) is 0.862. The minimum atomic E-state index is 0.367. The summed E-state index contributed by atoms with van der Waals surface area (Å²) in [6, 6.07) is 5.65. The number of para-hydroxylation sites is 1. The third-order valence-electron chi connectivity index (χ3n) is 2.19. The number of aromatic hydroxyl groups is 1. The molecule has 2 N–H and O–H groups in total. The van der Waals surface area contributed by atoms with Gasteiger partial charge < -0.3 is 10.4 Å². The molecule has 1 unspecified atom stereocenters. The van der Waals surface area contributed by atoms with Crippen LogP contribution in [-0.4, -0.2) is 11.7 Å². The van der Waals surface area contributed by atoms with Crippen molar-refractivity contribution in [1.29, 1.82) is 0 Å². The highest BCUT2D eigenvalue weighted by Gasteiger charge is 2.19. The van der Waals surface area contributed by atoms with E-state index in [2.05, 4.69) is 18.3 Å². The first-order valence-corrected chi connectivity index (χ1v) is 3.85. The lowest BCUT2D eigenvalue weighted by molar-refractivity contribution is 0.477. The lowest BCUT2D eigenvalue weighted by Crippen LogP contribution is -1.95. The van der Waals surface area contributed by atoms with Crippen LogP contribution in [0.2, 0.25) is 0 Å². The van der Waals surface area contributed by atoms with E-state index in [9.17, 15) is 5.11 Å². The molecule has 0 aromatic heterocycles. The molecule has 1 aromatic rings. The van der Waals surface area contributed by atoms with Crippen molar-refractivity contribution in [3.05, 3.63) is 23.8 Å². The maximum Gasteiger partial charge on any atom is 0.138 e. The van der Waals surface area contributed by atoms with Crippen LogP contribution in [0.4, 0.5) is 5.69 Å². The number of rotatable bonds is 0. The molecule has 2 heteroatoms. The topological polar surface area (TPSA) is 32.3 Å². The Hall–Kier alpha value is -1.18. The molecule has 1 aliphatic rings. The Labute approximate surface area is 65.9 Å². The van der Waals surface area contributed by atoms with Crippen molar-refractivity contribution < 1.29 is 5.11 Å². The zero-order chi connectivity index (χ0) is 7.84. The summed E-state index contributed by atoms with van der Waals surface area (Å²) in [5.41, 5.74) is 2.14. The van der Waals surface area contributed by atoms with E-state index < -0.39 is 0 Å². The van der Waals surface area contributed by atoms with E-state index in [-0.39, 0.29) is 0 Å². The zero-order valence-corrected chi connectivity index (χ0v) is 6.46. The van der Waals surface area contributed by atoms with Crippen molar-refractivity contribution in [1.82, 2.24) is 0 Å². The van der Waals surface area contributed by atoms with E-state index in [1.807, 2.05) is 6.07 Å². The summed E-state index contributed by atoms with van der Waals surface area (Å²) in [6.45, 7) is 3.09. The van der Waals surface area contributed by atoms with E-state index in [0.717, 1.165) is 12.2 Å². The average Bonchev–Trinajstić information content (AvgIpc) is 2.35. The molecule has 0 bridgehead atoms. The van der Waals surface area contributed by atoms with Gasteiger partial charge in [0.25, 0.3) is 0 Å². The summed E-state index contributed by atoms with van der Waals surface area (Å²) >= 11 is 0. The summed E-state index contributed by atoms with van der Waals surface area (Å²) in [6.07, 6.45) is 0. The van der Waals surface area contributed by atoms with E-state index in [1.165, 1.54) is 5.56 Å². The number of hydrogen-bond acceptors (Lipinski definition) is 2. The lowest BCUT2D eigenvalue weighted by Gasteiger charge is -2.02. The number of anilines is 1. The minimum Gasteiger partial charge on any atom is -0.506 e. The Morgan fingerprint density at radius 3 is 3.09 bits per heavy atom. The Morgan fingerprint density at radius 1 is 1.55 bits per heavy atom. The maximum atomic E-state index is 9.39. The van der Waals surface area contributed by atoms with E-state index in [1.54, 1.807) is 6.07 Å². The molecule has 0 saturated carbocycles. The molecule has 58 valence electrons. The van der Waals surface area contributed by atoms with Crippen LogP contribution >= 0.6 is 0 Å².